The Morgan fingerprint density at radius 3 is 2.55 bits per heavy atom. The number of methoxy groups -OCH3 is 1. The molecule has 3 heterocycles. The topological polar surface area (TPSA) is 62.6 Å². The average Bonchev–Trinajstić information content (AvgIpc) is 3.22. The Bertz CT molecular complexity index is 1350. The van der Waals surface area contributed by atoms with Crippen molar-refractivity contribution in [1.82, 2.24) is 14.6 Å². The van der Waals surface area contributed by atoms with Crippen molar-refractivity contribution in [3.63, 3.8) is 0 Å². The standard InChI is InChI=1S/C26H27FN4O2/c1-17-20(15-18-11-12-22(33-2)21(27)16-18)26(32)31-25(28-17)24(30-13-7-4-8-14-30)23(29-31)19-9-5-3-6-10-19/h3,5-6,9-12,16,28H,4,7-8,13-15H2,1-2H3. The van der Waals surface area contributed by atoms with Gasteiger partial charge in [0.25, 0.3) is 5.56 Å². The van der Waals surface area contributed by atoms with E-state index in [1.807, 2.05) is 37.3 Å². The van der Waals surface area contributed by atoms with Gasteiger partial charge in [-0.2, -0.15) is 9.61 Å². The number of piperidine rings is 1. The van der Waals surface area contributed by atoms with Crippen molar-refractivity contribution < 1.29 is 9.13 Å². The number of halogens is 1. The molecule has 2 aromatic heterocycles. The Morgan fingerprint density at radius 1 is 1.09 bits per heavy atom. The second kappa shape index (κ2) is 8.73. The second-order valence-corrected chi connectivity index (χ2v) is 8.55. The van der Waals surface area contributed by atoms with Gasteiger partial charge in [-0.3, -0.25) is 4.79 Å². The van der Waals surface area contributed by atoms with E-state index in [2.05, 4.69) is 9.88 Å². The van der Waals surface area contributed by atoms with Crippen LogP contribution in [-0.4, -0.2) is 34.8 Å². The van der Waals surface area contributed by atoms with Crippen LogP contribution in [0.15, 0.2) is 53.3 Å². The fourth-order valence-corrected chi connectivity index (χ4v) is 4.65. The van der Waals surface area contributed by atoms with E-state index in [-0.39, 0.29) is 11.3 Å². The predicted molar refractivity (Wildman–Crippen MR) is 128 cm³/mol. The fourth-order valence-electron chi connectivity index (χ4n) is 4.65. The molecular formula is C26H27FN4O2. The van der Waals surface area contributed by atoms with Crippen molar-refractivity contribution in [3.05, 3.63) is 81.5 Å². The molecule has 1 aliphatic rings. The van der Waals surface area contributed by atoms with E-state index >= 15 is 0 Å². The van der Waals surface area contributed by atoms with Crippen LogP contribution in [0.4, 0.5) is 10.1 Å². The highest BCUT2D eigenvalue weighted by molar-refractivity contribution is 5.86. The summed E-state index contributed by atoms with van der Waals surface area (Å²) in [5.41, 5.74) is 5.32. The second-order valence-electron chi connectivity index (χ2n) is 8.55. The summed E-state index contributed by atoms with van der Waals surface area (Å²) in [5, 5.41) is 4.78. The van der Waals surface area contributed by atoms with Gasteiger partial charge in [-0.1, -0.05) is 36.4 Å². The average molecular weight is 447 g/mol. The lowest BCUT2D eigenvalue weighted by molar-refractivity contribution is 0.386. The van der Waals surface area contributed by atoms with E-state index in [4.69, 9.17) is 9.84 Å². The number of aromatic nitrogens is 3. The van der Waals surface area contributed by atoms with Gasteiger partial charge < -0.3 is 14.6 Å². The molecule has 4 aromatic rings. The van der Waals surface area contributed by atoms with Gasteiger partial charge in [-0.15, -0.1) is 0 Å². The van der Waals surface area contributed by atoms with Gasteiger partial charge >= 0.3 is 0 Å². The molecular weight excluding hydrogens is 419 g/mol. The summed E-state index contributed by atoms with van der Waals surface area (Å²) in [6.07, 6.45) is 3.76. The summed E-state index contributed by atoms with van der Waals surface area (Å²) in [6, 6.07) is 14.8. The number of anilines is 1. The zero-order valence-electron chi connectivity index (χ0n) is 18.9. The number of aromatic amines is 1. The van der Waals surface area contributed by atoms with E-state index in [1.165, 1.54) is 24.1 Å². The van der Waals surface area contributed by atoms with Crippen LogP contribution in [0.1, 0.15) is 36.1 Å². The molecule has 2 aromatic carbocycles. The van der Waals surface area contributed by atoms with E-state index in [0.29, 0.717) is 23.2 Å². The van der Waals surface area contributed by atoms with E-state index in [9.17, 15) is 9.18 Å². The molecule has 0 bridgehead atoms. The van der Waals surface area contributed by atoms with Crippen LogP contribution >= 0.6 is 0 Å². The summed E-state index contributed by atoms with van der Waals surface area (Å²) in [5.74, 6) is -0.256. The number of hydrogen-bond donors (Lipinski definition) is 1. The number of benzene rings is 2. The number of H-pyrrole nitrogens is 1. The zero-order chi connectivity index (χ0) is 22.9. The van der Waals surface area contributed by atoms with E-state index in [0.717, 1.165) is 48.6 Å². The molecule has 1 fully saturated rings. The van der Waals surface area contributed by atoms with Gasteiger partial charge in [-0.25, -0.2) is 4.39 Å². The maximum absolute atomic E-state index is 14.2. The molecule has 0 unspecified atom stereocenters. The Hall–Kier alpha value is -3.61. The van der Waals surface area contributed by atoms with Crippen LogP contribution < -0.4 is 15.2 Å². The third kappa shape index (κ3) is 3.88. The molecule has 0 amide bonds. The molecule has 0 atom stereocenters. The minimum absolute atomic E-state index is 0.182. The molecule has 7 heteroatoms. The summed E-state index contributed by atoms with van der Waals surface area (Å²) in [7, 11) is 1.43. The lowest BCUT2D eigenvalue weighted by atomic mass is 10.0. The minimum atomic E-state index is -0.442. The van der Waals surface area contributed by atoms with Gasteiger partial charge in [0.2, 0.25) is 0 Å². The molecule has 6 nitrogen and oxygen atoms in total. The molecule has 0 spiro atoms. The molecule has 0 aliphatic carbocycles. The van der Waals surface area contributed by atoms with Crippen LogP contribution in [-0.2, 0) is 6.42 Å². The highest BCUT2D eigenvalue weighted by Gasteiger charge is 2.25. The van der Waals surface area contributed by atoms with E-state index in [1.54, 1.807) is 12.1 Å². The summed E-state index contributed by atoms with van der Waals surface area (Å²) in [6.45, 7) is 3.77. The quantitative estimate of drug-likeness (QED) is 0.482. The first-order valence-corrected chi connectivity index (χ1v) is 11.3. The molecule has 33 heavy (non-hydrogen) atoms. The summed E-state index contributed by atoms with van der Waals surface area (Å²) < 4.78 is 20.7. The van der Waals surface area contributed by atoms with Gasteiger partial charge in [0.15, 0.2) is 17.2 Å². The van der Waals surface area contributed by atoms with Crippen molar-refractivity contribution in [1.29, 1.82) is 0 Å². The summed E-state index contributed by atoms with van der Waals surface area (Å²) in [4.78, 5) is 19.4. The number of ether oxygens (including phenoxy) is 1. The Kier molecular flexibility index (Phi) is 5.62. The maximum Gasteiger partial charge on any atom is 0.278 e. The zero-order valence-corrected chi connectivity index (χ0v) is 18.9. The molecule has 1 N–H and O–H groups in total. The normalized spacial score (nSPS) is 14.1. The SMILES string of the molecule is COc1ccc(Cc2c(C)[nH]c3c(N4CCCCC4)c(-c4ccccc4)nn3c2=O)cc1F. The van der Waals surface area contributed by atoms with Crippen LogP contribution in [0.3, 0.4) is 0 Å². The first-order valence-electron chi connectivity index (χ1n) is 11.3. The monoisotopic (exact) mass is 446 g/mol. The lowest BCUT2D eigenvalue weighted by Crippen LogP contribution is -2.30. The number of rotatable bonds is 5. The predicted octanol–water partition coefficient (Wildman–Crippen LogP) is 4.73. The first-order chi connectivity index (χ1) is 16.1. The van der Waals surface area contributed by atoms with Crippen LogP contribution in [0.2, 0.25) is 0 Å². The van der Waals surface area contributed by atoms with Crippen molar-refractivity contribution in [2.24, 2.45) is 0 Å². The number of aryl methyl sites for hydroxylation is 1. The largest absolute Gasteiger partial charge is 0.494 e. The molecule has 0 radical (unpaired) electrons. The van der Waals surface area contributed by atoms with Gasteiger partial charge in [-0.05, 0) is 43.9 Å². The fraction of sp³-hybridized carbons (Fsp3) is 0.308. The van der Waals surface area contributed by atoms with Crippen molar-refractivity contribution in [3.8, 4) is 17.0 Å². The number of fused-ring (bicyclic) bond motifs is 1. The van der Waals surface area contributed by atoms with Crippen LogP contribution in [0.5, 0.6) is 5.75 Å². The van der Waals surface area contributed by atoms with Gasteiger partial charge in [0.05, 0.1) is 7.11 Å². The number of nitrogens with one attached hydrogen (secondary N) is 1. The third-order valence-electron chi connectivity index (χ3n) is 6.39. The number of nitrogens with zero attached hydrogens (tertiary/aromatic N) is 3. The lowest BCUT2D eigenvalue weighted by Gasteiger charge is -2.28. The smallest absolute Gasteiger partial charge is 0.278 e. The Morgan fingerprint density at radius 2 is 1.85 bits per heavy atom. The first kappa shape index (κ1) is 21.2. The Labute approximate surface area is 191 Å². The maximum atomic E-state index is 14.2. The highest BCUT2D eigenvalue weighted by atomic mass is 19.1. The third-order valence-corrected chi connectivity index (χ3v) is 6.39. The van der Waals surface area contributed by atoms with Gasteiger partial charge in [0, 0.05) is 36.3 Å². The van der Waals surface area contributed by atoms with Crippen LogP contribution in [0, 0.1) is 12.7 Å². The number of hydrogen-bond acceptors (Lipinski definition) is 4. The van der Waals surface area contributed by atoms with Gasteiger partial charge in [0.1, 0.15) is 11.4 Å². The van der Waals surface area contributed by atoms with Crippen molar-refractivity contribution in [2.75, 3.05) is 25.1 Å². The van der Waals surface area contributed by atoms with Crippen molar-refractivity contribution in [2.45, 2.75) is 32.6 Å². The molecule has 5 rings (SSSR count). The van der Waals surface area contributed by atoms with Crippen LogP contribution in [0.25, 0.3) is 16.9 Å². The molecule has 170 valence electrons. The Balaban J connectivity index is 1.66. The highest BCUT2D eigenvalue weighted by Crippen LogP contribution is 2.34. The minimum Gasteiger partial charge on any atom is -0.494 e. The van der Waals surface area contributed by atoms with Crippen molar-refractivity contribution >= 4 is 11.3 Å². The molecule has 1 aliphatic heterocycles. The van der Waals surface area contributed by atoms with E-state index < -0.39 is 5.82 Å². The molecule has 1 saturated heterocycles. The molecule has 0 saturated carbocycles. The summed E-state index contributed by atoms with van der Waals surface area (Å²) >= 11 is 0.